The first kappa shape index (κ1) is 46.0. The van der Waals surface area contributed by atoms with Crippen molar-refractivity contribution in [3.8, 4) is 61.8 Å². The highest BCUT2D eigenvalue weighted by atomic mass is 32.1. The largest absolute Gasteiger partial charge is 0.493 e. The zero-order valence-electron chi connectivity index (χ0n) is 36.9. The second kappa shape index (κ2) is 23.6. The lowest BCUT2D eigenvalue weighted by Gasteiger charge is -2.26. The molecular formula is C54H58N2O6S. The van der Waals surface area contributed by atoms with Gasteiger partial charge in [0.15, 0.2) is 0 Å². The maximum Gasteiger partial charge on any atom is 0.346 e. The van der Waals surface area contributed by atoms with Gasteiger partial charge in [-0.25, -0.2) is 4.79 Å². The number of ether oxygens (including phenoxy) is 4. The Morgan fingerprint density at radius 3 is 1.38 bits per heavy atom. The molecule has 0 unspecified atom stereocenters. The van der Waals surface area contributed by atoms with Crippen molar-refractivity contribution in [2.24, 2.45) is 0 Å². The first-order chi connectivity index (χ1) is 30.8. The van der Waals surface area contributed by atoms with Crippen molar-refractivity contribution in [1.29, 1.82) is 5.26 Å². The van der Waals surface area contributed by atoms with Crippen molar-refractivity contribution in [2.75, 3.05) is 31.3 Å². The molecule has 1 heterocycles. The van der Waals surface area contributed by atoms with E-state index in [4.69, 9.17) is 18.9 Å². The highest BCUT2D eigenvalue weighted by Gasteiger charge is 2.17. The summed E-state index contributed by atoms with van der Waals surface area (Å²) in [6.07, 6.45) is 9.58. The van der Waals surface area contributed by atoms with E-state index in [1.807, 2.05) is 36.4 Å². The third-order valence-corrected chi connectivity index (χ3v) is 11.6. The molecule has 0 bridgehead atoms. The van der Waals surface area contributed by atoms with Crippen molar-refractivity contribution < 1.29 is 28.8 Å². The van der Waals surface area contributed by atoms with Crippen LogP contribution in [0, 0.1) is 11.3 Å². The summed E-state index contributed by atoms with van der Waals surface area (Å²) in [5, 5.41) is 18.6. The molecule has 0 aliphatic rings. The second-order valence-corrected chi connectivity index (χ2v) is 16.4. The van der Waals surface area contributed by atoms with Gasteiger partial charge in [-0.05, 0) is 121 Å². The Hall–Kier alpha value is -6.50. The van der Waals surface area contributed by atoms with Crippen LogP contribution in [0.5, 0.6) is 23.0 Å². The average molecular weight is 863 g/mol. The maximum atomic E-state index is 11.4. The Bertz CT molecular complexity index is 2340. The average Bonchev–Trinajstić information content (AvgIpc) is 3.78. The molecule has 6 aromatic rings. The standard InChI is InChI=1S/C54H58N2O6S/c1-5-9-31-59-46-25-28-49(51(36-46)61-33-11-7-3)39-13-19-43(20-14-39)56(45-23-17-41(18-24-45)53-30-27-48(63-53)35-42(38-55)54(57)58)44-21-15-40(16-22-44)50-29-26-47(60-32-10-6-2)37-52(50)62-34-12-8-4/h13-30,35-37H,5-12,31-34H2,1-4H3,(H,57,58)/b42-35-. The van der Waals surface area contributed by atoms with Crippen LogP contribution < -0.4 is 23.8 Å². The monoisotopic (exact) mass is 862 g/mol. The van der Waals surface area contributed by atoms with E-state index < -0.39 is 5.97 Å². The van der Waals surface area contributed by atoms with E-state index >= 15 is 0 Å². The number of rotatable bonds is 24. The minimum absolute atomic E-state index is 0.297. The molecular weight excluding hydrogens is 805 g/mol. The molecule has 1 N–H and O–H groups in total. The van der Waals surface area contributed by atoms with Crippen LogP contribution in [-0.2, 0) is 4.79 Å². The van der Waals surface area contributed by atoms with Gasteiger partial charge in [0, 0.05) is 50.1 Å². The summed E-state index contributed by atoms with van der Waals surface area (Å²) >= 11 is 1.44. The zero-order chi connectivity index (χ0) is 44.4. The van der Waals surface area contributed by atoms with Gasteiger partial charge in [-0.3, -0.25) is 0 Å². The molecule has 1 aromatic heterocycles. The molecule has 0 saturated carbocycles. The van der Waals surface area contributed by atoms with Crippen LogP contribution in [0.15, 0.2) is 127 Å². The third-order valence-electron chi connectivity index (χ3n) is 10.5. The van der Waals surface area contributed by atoms with Crippen molar-refractivity contribution in [3.05, 3.63) is 132 Å². The molecule has 8 nitrogen and oxygen atoms in total. The molecule has 0 aliphatic carbocycles. The van der Waals surface area contributed by atoms with Gasteiger partial charge >= 0.3 is 5.97 Å². The fourth-order valence-electron chi connectivity index (χ4n) is 6.89. The van der Waals surface area contributed by atoms with E-state index in [9.17, 15) is 15.2 Å². The fraction of sp³-hybridized carbons (Fsp3) is 0.296. The summed E-state index contributed by atoms with van der Waals surface area (Å²) in [5.41, 5.74) is 7.70. The van der Waals surface area contributed by atoms with Gasteiger partial charge < -0.3 is 29.0 Å². The molecule has 326 valence electrons. The lowest BCUT2D eigenvalue weighted by Crippen LogP contribution is -2.10. The predicted molar refractivity (Wildman–Crippen MR) is 258 cm³/mol. The second-order valence-electron chi connectivity index (χ2n) is 15.3. The summed E-state index contributed by atoms with van der Waals surface area (Å²) < 4.78 is 24.8. The van der Waals surface area contributed by atoms with Crippen LogP contribution in [0.4, 0.5) is 17.1 Å². The number of thiophene rings is 1. The summed E-state index contributed by atoms with van der Waals surface area (Å²) in [7, 11) is 0. The van der Waals surface area contributed by atoms with Crippen molar-refractivity contribution in [1.82, 2.24) is 0 Å². The number of nitrogens with zero attached hydrogens (tertiary/aromatic N) is 2. The van der Waals surface area contributed by atoms with E-state index in [0.717, 1.165) is 124 Å². The SMILES string of the molecule is CCCCOc1ccc(-c2ccc(N(c3ccc(-c4ccc(/C=C(/C#N)C(=O)O)s4)cc3)c3ccc(-c4ccc(OCCCC)cc4OCCCC)cc3)cc2)c(OCCCC)c1. The number of anilines is 3. The molecule has 6 rings (SSSR count). The van der Waals surface area contributed by atoms with Crippen LogP contribution in [0.25, 0.3) is 38.8 Å². The first-order valence-corrected chi connectivity index (χ1v) is 23.0. The van der Waals surface area contributed by atoms with Gasteiger partial charge in [-0.1, -0.05) is 89.8 Å². The van der Waals surface area contributed by atoms with Crippen molar-refractivity contribution >= 4 is 40.4 Å². The van der Waals surface area contributed by atoms with Gasteiger partial charge in [0.1, 0.15) is 34.6 Å². The normalized spacial score (nSPS) is 11.2. The molecule has 0 radical (unpaired) electrons. The Kier molecular flexibility index (Phi) is 17.3. The number of carbonyl (C=O) groups is 1. The van der Waals surface area contributed by atoms with Gasteiger partial charge in [0.25, 0.3) is 0 Å². The fourth-order valence-corrected chi connectivity index (χ4v) is 7.85. The molecule has 0 aliphatic heterocycles. The summed E-state index contributed by atoms with van der Waals surface area (Å²) in [5.74, 6) is 2.00. The highest BCUT2D eigenvalue weighted by molar-refractivity contribution is 7.16. The number of carboxylic acids is 1. The van der Waals surface area contributed by atoms with E-state index in [2.05, 4.69) is 118 Å². The summed E-state index contributed by atoms with van der Waals surface area (Å²) in [4.78, 5) is 15.3. The number of aliphatic carboxylic acids is 1. The van der Waals surface area contributed by atoms with E-state index in [1.165, 1.54) is 17.4 Å². The van der Waals surface area contributed by atoms with Crippen LogP contribution in [-0.4, -0.2) is 37.5 Å². The highest BCUT2D eigenvalue weighted by Crippen LogP contribution is 2.41. The van der Waals surface area contributed by atoms with Crippen LogP contribution in [0.2, 0.25) is 0 Å². The third kappa shape index (κ3) is 12.6. The number of nitriles is 1. The molecule has 0 saturated heterocycles. The Labute approximate surface area is 377 Å². The summed E-state index contributed by atoms with van der Waals surface area (Å²) in [6, 6.07) is 43.3. The Balaban J connectivity index is 1.36. The number of carboxylic acid groups (broad SMARTS) is 1. The van der Waals surface area contributed by atoms with Crippen LogP contribution in [0.1, 0.15) is 83.9 Å². The summed E-state index contributed by atoms with van der Waals surface area (Å²) in [6.45, 7) is 11.3. The molecule has 0 fully saturated rings. The smallest absolute Gasteiger partial charge is 0.346 e. The van der Waals surface area contributed by atoms with Gasteiger partial charge in [0.05, 0.1) is 26.4 Å². The van der Waals surface area contributed by atoms with Crippen LogP contribution in [0.3, 0.4) is 0 Å². The molecule has 0 amide bonds. The van der Waals surface area contributed by atoms with Crippen molar-refractivity contribution in [3.63, 3.8) is 0 Å². The topological polar surface area (TPSA) is 101 Å². The Morgan fingerprint density at radius 1 is 0.571 bits per heavy atom. The van der Waals surface area contributed by atoms with Gasteiger partial charge in [-0.15, -0.1) is 11.3 Å². The molecule has 0 spiro atoms. The number of hydrogen-bond acceptors (Lipinski definition) is 8. The minimum atomic E-state index is -1.24. The Morgan fingerprint density at radius 2 is 0.984 bits per heavy atom. The quantitative estimate of drug-likeness (QED) is 0.0365. The number of benzene rings is 5. The molecule has 5 aromatic carbocycles. The molecule has 0 atom stereocenters. The van der Waals surface area contributed by atoms with E-state index in [-0.39, 0.29) is 5.57 Å². The van der Waals surface area contributed by atoms with Crippen molar-refractivity contribution in [2.45, 2.75) is 79.1 Å². The molecule has 63 heavy (non-hydrogen) atoms. The van der Waals surface area contributed by atoms with Crippen LogP contribution >= 0.6 is 11.3 Å². The maximum absolute atomic E-state index is 11.4. The predicted octanol–water partition coefficient (Wildman–Crippen LogP) is 14.9. The lowest BCUT2D eigenvalue weighted by atomic mass is 10.0. The number of unbranched alkanes of at least 4 members (excludes halogenated alkanes) is 4. The van der Waals surface area contributed by atoms with Gasteiger partial charge in [-0.2, -0.15) is 5.26 Å². The minimum Gasteiger partial charge on any atom is -0.493 e. The lowest BCUT2D eigenvalue weighted by molar-refractivity contribution is -0.132. The molecule has 9 heteroatoms. The first-order valence-electron chi connectivity index (χ1n) is 22.2. The van der Waals surface area contributed by atoms with Gasteiger partial charge in [0.2, 0.25) is 0 Å². The number of hydrogen-bond donors (Lipinski definition) is 1. The zero-order valence-corrected chi connectivity index (χ0v) is 37.7. The van der Waals surface area contributed by atoms with E-state index in [0.29, 0.717) is 31.3 Å². The van der Waals surface area contributed by atoms with E-state index in [1.54, 1.807) is 6.07 Å².